The first-order valence-electron chi connectivity index (χ1n) is 11.0. The Balaban J connectivity index is 1.87. The number of sulfonamides is 1. The van der Waals surface area contributed by atoms with Crippen molar-refractivity contribution in [1.29, 1.82) is 0 Å². The third-order valence-corrected chi connectivity index (χ3v) is 6.85. The van der Waals surface area contributed by atoms with Gasteiger partial charge in [-0.15, -0.1) is 0 Å². The minimum atomic E-state index is -4.00. The number of hydrogen-bond acceptors (Lipinski definition) is 9. The van der Waals surface area contributed by atoms with Crippen LogP contribution in [-0.2, 0) is 10.0 Å². The number of ether oxygens (including phenoxy) is 4. The lowest BCUT2D eigenvalue weighted by Gasteiger charge is -2.14. The van der Waals surface area contributed by atoms with Gasteiger partial charge in [0, 0.05) is 22.9 Å². The van der Waals surface area contributed by atoms with Crippen molar-refractivity contribution in [2.75, 3.05) is 38.9 Å². The van der Waals surface area contributed by atoms with E-state index in [2.05, 4.69) is 14.7 Å². The van der Waals surface area contributed by atoms with Crippen molar-refractivity contribution in [3.8, 4) is 45.5 Å². The molecule has 3 aromatic carbocycles. The summed E-state index contributed by atoms with van der Waals surface area (Å²) in [6.45, 7) is 0. The first kappa shape index (κ1) is 25.6. The fraction of sp³-hybridized carbons (Fsp3) is 0.154. The number of anilines is 2. The Kier molecular flexibility index (Phi) is 7.35. The molecule has 3 N–H and O–H groups in total. The van der Waals surface area contributed by atoms with Gasteiger partial charge in [0.2, 0.25) is 5.95 Å². The maximum absolute atomic E-state index is 13.1. The molecule has 0 unspecified atom stereocenters. The van der Waals surface area contributed by atoms with E-state index in [1.165, 1.54) is 38.5 Å². The minimum Gasteiger partial charge on any atom is -0.497 e. The van der Waals surface area contributed by atoms with Crippen LogP contribution in [0.2, 0.25) is 0 Å². The second-order valence-electron chi connectivity index (χ2n) is 7.77. The topological polar surface area (TPSA) is 135 Å². The van der Waals surface area contributed by atoms with Gasteiger partial charge in [-0.3, -0.25) is 0 Å². The first-order chi connectivity index (χ1) is 17.8. The zero-order valence-corrected chi connectivity index (χ0v) is 21.5. The highest BCUT2D eigenvalue weighted by molar-refractivity contribution is 7.92. The highest BCUT2D eigenvalue weighted by Gasteiger charge is 2.19. The van der Waals surface area contributed by atoms with E-state index >= 15 is 0 Å². The summed E-state index contributed by atoms with van der Waals surface area (Å²) in [5, 5.41) is 0. The summed E-state index contributed by atoms with van der Waals surface area (Å²) in [4.78, 5) is 9.00. The van der Waals surface area contributed by atoms with Crippen LogP contribution in [0.1, 0.15) is 0 Å². The molecule has 4 rings (SSSR count). The molecule has 0 radical (unpaired) electrons. The molecular formula is C26H26N4O6S. The van der Waals surface area contributed by atoms with Crippen molar-refractivity contribution >= 4 is 21.7 Å². The second-order valence-corrected chi connectivity index (χ2v) is 9.45. The summed E-state index contributed by atoms with van der Waals surface area (Å²) >= 11 is 0. The van der Waals surface area contributed by atoms with E-state index in [9.17, 15) is 8.42 Å². The number of nitrogen functional groups attached to an aromatic ring is 1. The van der Waals surface area contributed by atoms with Gasteiger partial charge in [-0.05, 0) is 60.7 Å². The first-order valence-corrected chi connectivity index (χ1v) is 12.5. The Morgan fingerprint density at radius 1 is 0.703 bits per heavy atom. The van der Waals surface area contributed by atoms with Crippen LogP contribution in [-0.4, -0.2) is 46.8 Å². The standard InChI is InChI=1S/C26H26N4O6S/c1-33-18-8-11-20(24(14-18)35-3)22-15-21(16-5-12-23(34-2)25(13-16)36-4)28-26(29-22)30-37(31,32)19-9-6-17(27)7-10-19/h5-15H,27H2,1-4H3,(H,28,29,30). The number of nitrogens with one attached hydrogen (secondary N) is 1. The van der Waals surface area contributed by atoms with E-state index in [-0.39, 0.29) is 10.8 Å². The van der Waals surface area contributed by atoms with Gasteiger partial charge >= 0.3 is 0 Å². The normalized spacial score (nSPS) is 11.0. The van der Waals surface area contributed by atoms with Crippen LogP contribution in [0.3, 0.4) is 0 Å². The van der Waals surface area contributed by atoms with Crippen LogP contribution in [0.5, 0.6) is 23.0 Å². The van der Waals surface area contributed by atoms with Crippen LogP contribution in [0.15, 0.2) is 71.6 Å². The molecule has 4 aromatic rings. The molecular weight excluding hydrogens is 496 g/mol. The molecule has 0 aliphatic carbocycles. The molecule has 10 nitrogen and oxygen atoms in total. The average molecular weight is 523 g/mol. The number of benzene rings is 3. The predicted octanol–water partition coefficient (Wildman–Crippen LogP) is 4.23. The van der Waals surface area contributed by atoms with Crippen LogP contribution in [0.25, 0.3) is 22.5 Å². The fourth-order valence-corrected chi connectivity index (χ4v) is 4.55. The molecule has 11 heteroatoms. The van der Waals surface area contributed by atoms with Gasteiger partial charge in [-0.25, -0.2) is 23.1 Å². The van der Waals surface area contributed by atoms with Gasteiger partial charge in [0.25, 0.3) is 10.0 Å². The smallest absolute Gasteiger partial charge is 0.264 e. The van der Waals surface area contributed by atoms with Crippen LogP contribution >= 0.6 is 0 Å². The van der Waals surface area contributed by atoms with Crippen molar-refractivity contribution < 1.29 is 27.4 Å². The molecule has 0 aliphatic rings. The Morgan fingerprint density at radius 2 is 1.38 bits per heavy atom. The van der Waals surface area contributed by atoms with E-state index in [0.717, 1.165) is 0 Å². The molecule has 0 bridgehead atoms. The van der Waals surface area contributed by atoms with Crippen LogP contribution in [0, 0.1) is 0 Å². The van der Waals surface area contributed by atoms with Crippen molar-refractivity contribution in [2.24, 2.45) is 0 Å². The van der Waals surface area contributed by atoms with E-state index in [0.29, 0.717) is 51.2 Å². The summed E-state index contributed by atoms with van der Waals surface area (Å²) < 4.78 is 50.3. The molecule has 1 heterocycles. The maximum Gasteiger partial charge on any atom is 0.264 e. The number of nitrogens with two attached hydrogens (primary N) is 1. The zero-order valence-electron chi connectivity index (χ0n) is 20.7. The number of hydrogen-bond donors (Lipinski definition) is 2. The van der Waals surface area contributed by atoms with E-state index in [1.54, 1.807) is 56.7 Å². The number of rotatable bonds is 9. The largest absolute Gasteiger partial charge is 0.497 e. The summed E-state index contributed by atoms with van der Waals surface area (Å²) in [6, 6.07) is 18.1. The lowest BCUT2D eigenvalue weighted by atomic mass is 10.1. The molecule has 0 amide bonds. The molecule has 0 saturated carbocycles. The highest BCUT2D eigenvalue weighted by Crippen LogP contribution is 2.36. The second kappa shape index (κ2) is 10.6. The lowest BCUT2D eigenvalue weighted by Crippen LogP contribution is -2.15. The zero-order chi connectivity index (χ0) is 26.6. The van der Waals surface area contributed by atoms with E-state index in [4.69, 9.17) is 24.7 Å². The monoisotopic (exact) mass is 522 g/mol. The molecule has 1 aromatic heterocycles. The summed E-state index contributed by atoms with van der Waals surface area (Å²) in [5.74, 6) is 1.99. The SMILES string of the molecule is COc1ccc(-c2cc(-c3ccc(OC)c(OC)c3)nc(NS(=O)(=O)c3ccc(N)cc3)n2)c(OC)c1. The van der Waals surface area contributed by atoms with Crippen molar-refractivity contribution in [1.82, 2.24) is 9.97 Å². The van der Waals surface area contributed by atoms with Crippen LogP contribution < -0.4 is 29.4 Å². The summed E-state index contributed by atoms with van der Waals surface area (Å²) in [7, 11) is 2.15. The Morgan fingerprint density at radius 3 is 2.03 bits per heavy atom. The summed E-state index contributed by atoms with van der Waals surface area (Å²) in [5.41, 5.74) is 8.28. The Bertz CT molecular complexity index is 1530. The Hall–Kier alpha value is -4.51. The quantitative estimate of drug-likeness (QED) is 0.310. The number of nitrogens with zero attached hydrogens (tertiary/aromatic N) is 2. The summed E-state index contributed by atoms with van der Waals surface area (Å²) in [6.07, 6.45) is 0. The lowest BCUT2D eigenvalue weighted by molar-refractivity contribution is 0.355. The molecule has 0 aliphatic heterocycles. The molecule has 0 atom stereocenters. The molecule has 192 valence electrons. The van der Waals surface area contributed by atoms with Gasteiger partial charge < -0.3 is 24.7 Å². The van der Waals surface area contributed by atoms with Crippen molar-refractivity contribution in [2.45, 2.75) is 4.90 Å². The number of methoxy groups -OCH3 is 4. The predicted molar refractivity (Wildman–Crippen MR) is 141 cm³/mol. The van der Waals surface area contributed by atoms with Gasteiger partial charge in [-0.2, -0.15) is 0 Å². The molecule has 0 saturated heterocycles. The van der Waals surface area contributed by atoms with Gasteiger partial charge in [0.15, 0.2) is 11.5 Å². The van der Waals surface area contributed by atoms with Gasteiger partial charge in [0.1, 0.15) is 11.5 Å². The van der Waals surface area contributed by atoms with E-state index < -0.39 is 10.0 Å². The highest BCUT2D eigenvalue weighted by atomic mass is 32.2. The van der Waals surface area contributed by atoms with E-state index in [1.807, 2.05) is 0 Å². The van der Waals surface area contributed by atoms with Crippen LogP contribution in [0.4, 0.5) is 11.6 Å². The minimum absolute atomic E-state index is 0.0189. The molecule has 0 spiro atoms. The van der Waals surface area contributed by atoms with Crippen molar-refractivity contribution in [3.63, 3.8) is 0 Å². The fourth-order valence-electron chi connectivity index (χ4n) is 3.61. The van der Waals surface area contributed by atoms with Crippen molar-refractivity contribution in [3.05, 3.63) is 66.7 Å². The Labute approximate surface area is 215 Å². The third kappa shape index (κ3) is 5.51. The molecule has 0 fully saturated rings. The van der Waals surface area contributed by atoms with Gasteiger partial charge in [-0.1, -0.05) is 0 Å². The number of aromatic nitrogens is 2. The average Bonchev–Trinajstić information content (AvgIpc) is 2.92. The third-order valence-electron chi connectivity index (χ3n) is 5.51. The maximum atomic E-state index is 13.1. The van der Waals surface area contributed by atoms with Gasteiger partial charge in [0.05, 0.1) is 44.7 Å². The molecule has 37 heavy (non-hydrogen) atoms.